The molecule has 1 aromatic carbocycles. The van der Waals surface area contributed by atoms with Crippen LogP contribution >= 0.6 is 0 Å². The van der Waals surface area contributed by atoms with E-state index < -0.39 is 0 Å². The van der Waals surface area contributed by atoms with Gasteiger partial charge in [0.15, 0.2) is 5.82 Å². The maximum absolute atomic E-state index is 12.2. The van der Waals surface area contributed by atoms with E-state index in [4.69, 9.17) is 9.26 Å². The summed E-state index contributed by atoms with van der Waals surface area (Å²) in [6, 6.07) is 9.71. The molecule has 0 spiro atoms. The van der Waals surface area contributed by atoms with E-state index >= 15 is 0 Å². The highest BCUT2D eigenvalue weighted by molar-refractivity contribution is 5.74. The topological polar surface area (TPSA) is 80.5 Å². The maximum atomic E-state index is 12.2. The zero-order valence-corrected chi connectivity index (χ0v) is 16.1. The summed E-state index contributed by atoms with van der Waals surface area (Å²) in [6.07, 6.45) is 2.58. The maximum Gasteiger partial charge on any atom is 0.317 e. The fraction of sp³-hybridized carbons (Fsp3) is 0.550. The highest BCUT2D eigenvalue weighted by Crippen LogP contribution is 2.17. The van der Waals surface area contributed by atoms with E-state index in [-0.39, 0.29) is 12.1 Å². The summed E-state index contributed by atoms with van der Waals surface area (Å²) in [5, 5.41) is 6.99. The molecule has 1 aliphatic rings. The molecule has 1 N–H and O–H groups in total. The molecular formula is C20H28N4O3. The molecule has 1 atom stereocenters. The normalized spacial score (nSPS) is 17.3. The number of nitrogens with one attached hydrogen (secondary N) is 1. The summed E-state index contributed by atoms with van der Waals surface area (Å²) in [5.41, 5.74) is 0.910. The standard InChI is InChI=1S/C20H28N4O3/c1-15(2)13-21-20(25)24-11-6-9-17(14-24)26-12-10-18-22-19(27-23-18)16-7-4-3-5-8-16/h3-5,7-8,15,17H,6,9-14H2,1-2H3,(H,21,25). The Morgan fingerprint density at radius 2 is 2.19 bits per heavy atom. The van der Waals surface area contributed by atoms with Gasteiger partial charge in [0, 0.05) is 31.6 Å². The Labute approximate surface area is 160 Å². The second-order valence-corrected chi connectivity index (χ2v) is 7.29. The lowest BCUT2D eigenvalue weighted by molar-refractivity contribution is 0.0105. The van der Waals surface area contributed by atoms with Crippen molar-refractivity contribution in [3.63, 3.8) is 0 Å². The minimum Gasteiger partial charge on any atom is -0.376 e. The fourth-order valence-corrected chi connectivity index (χ4v) is 3.03. The third-order valence-corrected chi connectivity index (χ3v) is 4.49. The van der Waals surface area contributed by atoms with E-state index in [1.807, 2.05) is 35.2 Å². The number of rotatable bonds is 7. The molecule has 27 heavy (non-hydrogen) atoms. The van der Waals surface area contributed by atoms with E-state index in [2.05, 4.69) is 29.3 Å². The minimum absolute atomic E-state index is 0.00247. The molecule has 0 aliphatic carbocycles. The highest BCUT2D eigenvalue weighted by Gasteiger charge is 2.24. The van der Waals surface area contributed by atoms with Crippen LogP contribution in [0.3, 0.4) is 0 Å². The van der Waals surface area contributed by atoms with Crippen molar-refractivity contribution in [2.45, 2.75) is 39.2 Å². The quantitative estimate of drug-likeness (QED) is 0.808. The largest absolute Gasteiger partial charge is 0.376 e. The third-order valence-electron chi connectivity index (χ3n) is 4.49. The first-order valence-electron chi connectivity index (χ1n) is 9.64. The van der Waals surface area contributed by atoms with Crippen molar-refractivity contribution in [1.29, 1.82) is 0 Å². The molecule has 1 saturated heterocycles. The number of benzene rings is 1. The summed E-state index contributed by atoms with van der Waals surface area (Å²) in [6.45, 7) is 6.80. The summed E-state index contributed by atoms with van der Waals surface area (Å²) in [5.74, 6) is 1.61. The molecular weight excluding hydrogens is 344 g/mol. The number of likely N-dealkylation sites (tertiary alicyclic amines) is 1. The smallest absolute Gasteiger partial charge is 0.317 e. The van der Waals surface area contributed by atoms with Gasteiger partial charge >= 0.3 is 6.03 Å². The Morgan fingerprint density at radius 3 is 2.96 bits per heavy atom. The Hall–Kier alpha value is -2.41. The lowest BCUT2D eigenvalue weighted by Crippen LogP contribution is -2.48. The van der Waals surface area contributed by atoms with Crippen LogP contribution in [0, 0.1) is 5.92 Å². The van der Waals surface area contributed by atoms with E-state index in [1.165, 1.54) is 0 Å². The predicted molar refractivity (Wildman–Crippen MR) is 102 cm³/mol. The molecule has 2 heterocycles. The number of amides is 2. The average Bonchev–Trinajstić information content (AvgIpc) is 3.16. The highest BCUT2D eigenvalue weighted by atomic mass is 16.5. The van der Waals surface area contributed by atoms with E-state index in [9.17, 15) is 4.79 Å². The van der Waals surface area contributed by atoms with Gasteiger partial charge in [-0.3, -0.25) is 0 Å². The minimum atomic E-state index is 0.00247. The van der Waals surface area contributed by atoms with Gasteiger partial charge in [-0.05, 0) is 30.9 Å². The Balaban J connectivity index is 1.42. The Morgan fingerprint density at radius 1 is 1.37 bits per heavy atom. The van der Waals surface area contributed by atoms with Crippen LogP contribution in [0.5, 0.6) is 0 Å². The number of urea groups is 1. The number of aromatic nitrogens is 2. The van der Waals surface area contributed by atoms with Gasteiger partial charge in [0.25, 0.3) is 5.89 Å². The molecule has 0 bridgehead atoms. The SMILES string of the molecule is CC(C)CNC(=O)N1CCCC(OCCc2noc(-c3ccccc3)n2)C1. The van der Waals surface area contributed by atoms with Crippen molar-refractivity contribution in [2.24, 2.45) is 5.92 Å². The molecule has 2 aromatic rings. The van der Waals surface area contributed by atoms with Crippen molar-refractivity contribution in [3.05, 3.63) is 36.2 Å². The summed E-state index contributed by atoms with van der Waals surface area (Å²) in [4.78, 5) is 18.5. The van der Waals surface area contributed by atoms with Crippen LogP contribution in [0.25, 0.3) is 11.5 Å². The summed E-state index contributed by atoms with van der Waals surface area (Å²) < 4.78 is 11.3. The molecule has 1 aromatic heterocycles. The molecule has 146 valence electrons. The monoisotopic (exact) mass is 372 g/mol. The number of ether oxygens (including phenoxy) is 1. The van der Waals surface area contributed by atoms with E-state index in [0.29, 0.717) is 43.8 Å². The van der Waals surface area contributed by atoms with Crippen LogP contribution in [-0.2, 0) is 11.2 Å². The fourth-order valence-electron chi connectivity index (χ4n) is 3.03. The van der Waals surface area contributed by atoms with Crippen LogP contribution in [-0.4, -0.2) is 53.4 Å². The van der Waals surface area contributed by atoms with Crippen LogP contribution in [0.2, 0.25) is 0 Å². The number of carbonyl (C=O) groups is 1. The van der Waals surface area contributed by atoms with Gasteiger partial charge in [-0.25, -0.2) is 4.79 Å². The van der Waals surface area contributed by atoms with Gasteiger partial charge in [-0.15, -0.1) is 0 Å². The molecule has 1 fully saturated rings. The molecule has 1 unspecified atom stereocenters. The van der Waals surface area contributed by atoms with Crippen molar-refractivity contribution < 1.29 is 14.1 Å². The van der Waals surface area contributed by atoms with Crippen LogP contribution < -0.4 is 5.32 Å². The van der Waals surface area contributed by atoms with Gasteiger partial charge in [-0.1, -0.05) is 37.2 Å². The van der Waals surface area contributed by atoms with Gasteiger partial charge in [0.05, 0.1) is 12.7 Å². The number of hydrogen-bond acceptors (Lipinski definition) is 5. The van der Waals surface area contributed by atoms with Gasteiger partial charge in [0.2, 0.25) is 0 Å². The van der Waals surface area contributed by atoms with Crippen molar-refractivity contribution in [1.82, 2.24) is 20.4 Å². The second-order valence-electron chi connectivity index (χ2n) is 7.29. The molecule has 2 amide bonds. The zero-order valence-electron chi connectivity index (χ0n) is 16.1. The molecule has 1 aliphatic heterocycles. The van der Waals surface area contributed by atoms with Crippen LogP contribution in [0.4, 0.5) is 4.79 Å². The van der Waals surface area contributed by atoms with Gasteiger partial charge < -0.3 is 19.5 Å². The lowest BCUT2D eigenvalue weighted by Gasteiger charge is -2.32. The van der Waals surface area contributed by atoms with Gasteiger partial charge in [-0.2, -0.15) is 4.98 Å². The van der Waals surface area contributed by atoms with Crippen LogP contribution in [0.1, 0.15) is 32.5 Å². The first kappa shape index (κ1) is 19.4. The molecule has 0 radical (unpaired) electrons. The molecule has 3 rings (SSSR count). The molecule has 7 heteroatoms. The number of piperidine rings is 1. The molecule has 7 nitrogen and oxygen atoms in total. The van der Waals surface area contributed by atoms with E-state index in [0.717, 1.165) is 24.9 Å². The Bertz CT molecular complexity index is 717. The number of carbonyl (C=O) groups excluding carboxylic acids is 1. The lowest BCUT2D eigenvalue weighted by atomic mass is 10.1. The first-order valence-corrected chi connectivity index (χ1v) is 9.64. The average molecular weight is 372 g/mol. The summed E-state index contributed by atoms with van der Waals surface area (Å²) in [7, 11) is 0. The van der Waals surface area contributed by atoms with Gasteiger partial charge in [0.1, 0.15) is 0 Å². The predicted octanol–water partition coefficient (Wildman–Crippen LogP) is 3.13. The molecule has 0 saturated carbocycles. The van der Waals surface area contributed by atoms with Crippen molar-refractivity contribution in [2.75, 3.05) is 26.2 Å². The summed E-state index contributed by atoms with van der Waals surface area (Å²) >= 11 is 0. The van der Waals surface area contributed by atoms with E-state index in [1.54, 1.807) is 0 Å². The number of nitrogens with zero attached hydrogens (tertiary/aromatic N) is 3. The third kappa shape index (κ3) is 5.79. The second kappa shape index (κ2) is 9.50. The first-order chi connectivity index (χ1) is 13.1. The zero-order chi connectivity index (χ0) is 19.1. The Kier molecular flexibility index (Phi) is 6.81. The van der Waals surface area contributed by atoms with Crippen LogP contribution in [0.15, 0.2) is 34.9 Å². The van der Waals surface area contributed by atoms with Crippen molar-refractivity contribution >= 4 is 6.03 Å². The number of hydrogen-bond donors (Lipinski definition) is 1. The van der Waals surface area contributed by atoms with Crippen molar-refractivity contribution in [3.8, 4) is 11.5 Å².